The summed E-state index contributed by atoms with van der Waals surface area (Å²) < 4.78 is 2.62. The largest absolute Gasteiger partial charge is 0.310 e. The molecule has 9 aromatic carbocycles. The second-order valence-electron chi connectivity index (χ2n) is 13.3. The normalized spacial score (nSPS) is 11.5. The van der Waals surface area contributed by atoms with E-state index in [-0.39, 0.29) is 0 Å². The summed E-state index contributed by atoms with van der Waals surface area (Å²) in [7, 11) is 0. The molecule has 0 aliphatic rings. The van der Waals surface area contributed by atoms with Gasteiger partial charge >= 0.3 is 0 Å². The maximum atomic E-state index is 2.44. The molecule has 0 radical (unpaired) electrons. The van der Waals surface area contributed by atoms with Gasteiger partial charge in [0.2, 0.25) is 0 Å². The van der Waals surface area contributed by atoms with Gasteiger partial charge in [0, 0.05) is 42.5 Å². The first kappa shape index (κ1) is 30.4. The SMILES string of the molecule is c1ccc(-c2ccc(-c3ccccc3N(c3ccccc3)c3ccc4sc5c6ccccc6c(-c6cccc7ccccc67)cc5c4c3)cc2)cc1. The summed E-state index contributed by atoms with van der Waals surface area (Å²) in [4.78, 5) is 2.41. The van der Waals surface area contributed by atoms with Crippen molar-refractivity contribution in [2.45, 2.75) is 0 Å². The minimum atomic E-state index is 1.12. The second-order valence-corrected chi connectivity index (χ2v) is 14.3. The topological polar surface area (TPSA) is 3.24 Å². The minimum Gasteiger partial charge on any atom is -0.310 e. The molecule has 0 bridgehead atoms. The van der Waals surface area contributed by atoms with Crippen LogP contribution in [0.4, 0.5) is 17.1 Å². The van der Waals surface area contributed by atoms with Crippen molar-refractivity contribution in [1.82, 2.24) is 0 Å². The molecule has 1 nitrogen and oxygen atoms in total. The first-order chi connectivity index (χ1) is 25.8. The van der Waals surface area contributed by atoms with E-state index in [0.717, 1.165) is 17.1 Å². The third-order valence-corrected chi connectivity index (χ3v) is 11.5. The molecule has 10 aromatic rings. The molecule has 0 spiro atoms. The van der Waals surface area contributed by atoms with Crippen molar-refractivity contribution in [1.29, 1.82) is 0 Å². The molecule has 0 aliphatic heterocycles. The van der Waals surface area contributed by atoms with Crippen molar-refractivity contribution in [2.75, 3.05) is 4.90 Å². The van der Waals surface area contributed by atoms with Gasteiger partial charge in [-0.2, -0.15) is 0 Å². The van der Waals surface area contributed by atoms with E-state index < -0.39 is 0 Å². The van der Waals surface area contributed by atoms with Gasteiger partial charge in [-0.05, 0) is 86.4 Å². The third kappa shape index (κ3) is 5.16. The maximum Gasteiger partial charge on any atom is 0.0540 e. The molecule has 2 heteroatoms. The van der Waals surface area contributed by atoms with Crippen molar-refractivity contribution < 1.29 is 0 Å². The van der Waals surface area contributed by atoms with Gasteiger partial charge in [0.1, 0.15) is 0 Å². The number of benzene rings is 9. The van der Waals surface area contributed by atoms with E-state index in [9.17, 15) is 0 Å². The average Bonchev–Trinajstić information content (AvgIpc) is 3.60. The van der Waals surface area contributed by atoms with Gasteiger partial charge in [-0.15, -0.1) is 11.3 Å². The molecule has 0 N–H and O–H groups in total. The van der Waals surface area contributed by atoms with E-state index >= 15 is 0 Å². The summed E-state index contributed by atoms with van der Waals surface area (Å²) in [6.07, 6.45) is 0. The molecule has 52 heavy (non-hydrogen) atoms. The van der Waals surface area contributed by atoms with Gasteiger partial charge in [-0.3, -0.25) is 0 Å². The molecule has 10 rings (SSSR count). The summed E-state index contributed by atoms with van der Waals surface area (Å²) in [6, 6.07) is 72.8. The van der Waals surface area contributed by atoms with Crippen molar-refractivity contribution >= 4 is 70.1 Å². The number of hydrogen-bond acceptors (Lipinski definition) is 2. The fourth-order valence-electron chi connectivity index (χ4n) is 7.80. The van der Waals surface area contributed by atoms with Gasteiger partial charge in [0.25, 0.3) is 0 Å². The Morgan fingerprint density at radius 3 is 1.77 bits per heavy atom. The highest BCUT2D eigenvalue weighted by Gasteiger charge is 2.20. The zero-order chi connectivity index (χ0) is 34.4. The Hall–Kier alpha value is -6.48. The van der Waals surface area contributed by atoms with E-state index in [4.69, 9.17) is 0 Å². The number of thiophene rings is 1. The smallest absolute Gasteiger partial charge is 0.0540 e. The highest BCUT2D eigenvalue weighted by atomic mass is 32.1. The molecular weight excluding hydrogens is 647 g/mol. The molecular formula is C50H33NS. The van der Waals surface area contributed by atoms with E-state index in [0.29, 0.717) is 0 Å². The number of para-hydroxylation sites is 2. The van der Waals surface area contributed by atoms with Crippen LogP contribution in [0, 0.1) is 0 Å². The lowest BCUT2D eigenvalue weighted by Gasteiger charge is -2.28. The Labute approximate surface area is 307 Å². The average molecular weight is 680 g/mol. The molecule has 244 valence electrons. The van der Waals surface area contributed by atoms with E-state index in [1.165, 1.54) is 75.1 Å². The summed E-state index contributed by atoms with van der Waals surface area (Å²) in [5, 5.41) is 7.69. The Kier molecular flexibility index (Phi) is 7.41. The lowest BCUT2D eigenvalue weighted by molar-refractivity contribution is 1.29. The Morgan fingerprint density at radius 1 is 0.327 bits per heavy atom. The van der Waals surface area contributed by atoms with Crippen molar-refractivity contribution in [3.63, 3.8) is 0 Å². The van der Waals surface area contributed by atoms with Gasteiger partial charge in [-0.25, -0.2) is 0 Å². The number of anilines is 3. The van der Waals surface area contributed by atoms with Crippen LogP contribution in [0.3, 0.4) is 0 Å². The summed E-state index contributed by atoms with van der Waals surface area (Å²) in [5.74, 6) is 0. The molecule has 0 saturated carbocycles. The number of fused-ring (bicyclic) bond motifs is 6. The van der Waals surface area contributed by atoms with Crippen LogP contribution in [0.5, 0.6) is 0 Å². The van der Waals surface area contributed by atoms with Crippen molar-refractivity contribution in [2.24, 2.45) is 0 Å². The molecule has 0 atom stereocenters. The lowest BCUT2D eigenvalue weighted by Crippen LogP contribution is -2.11. The van der Waals surface area contributed by atoms with E-state index in [1.807, 2.05) is 11.3 Å². The van der Waals surface area contributed by atoms with Crippen LogP contribution in [-0.2, 0) is 0 Å². The summed E-state index contributed by atoms with van der Waals surface area (Å²) in [6.45, 7) is 0. The zero-order valence-corrected chi connectivity index (χ0v) is 29.2. The molecule has 0 aliphatic carbocycles. The van der Waals surface area contributed by atoms with Crippen molar-refractivity contribution in [3.8, 4) is 33.4 Å². The summed E-state index contributed by atoms with van der Waals surface area (Å²) in [5.41, 5.74) is 10.7. The van der Waals surface area contributed by atoms with Crippen LogP contribution in [0.2, 0.25) is 0 Å². The fourth-order valence-corrected chi connectivity index (χ4v) is 9.00. The standard InChI is InChI=1S/C50H33NS/c1-3-14-34(15-4-1)35-26-28-37(29-27-35)41-21-11-12-25-48(41)51(38-18-5-2-6-19-38)39-30-31-49-46(32-39)47-33-45(43-22-9-10-23-44(43)50(47)52-49)42-24-13-17-36-16-7-8-20-40(36)42/h1-33H. The van der Waals surface area contributed by atoms with E-state index in [2.05, 4.69) is 205 Å². The van der Waals surface area contributed by atoms with Gasteiger partial charge in [0.05, 0.1) is 5.69 Å². The van der Waals surface area contributed by atoms with Crippen LogP contribution in [0.15, 0.2) is 200 Å². The van der Waals surface area contributed by atoms with Crippen LogP contribution in [-0.4, -0.2) is 0 Å². The Balaban J connectivity index is 1.17. The van der Waals surface area contributed by atoms with Gasteiger partial charge in [0.15, 0.2) is 0 Å². The van der Waals surface area contributed by atoms with Gasteiger partial charge in [-0.1, -0.05) is 158 Å². The predicted octanol–water partition coefficient (Wildman–Crippen LogP) is 14.8. The first-order valence-corrected chi connectivity index (χ1v) is 18.6. The molecule has 0 amide bonds. The zero-order valence-electron chi connectivity index (χ0n) is 28.4. The van der Waals surface area contributed by atoms with Crippen LogP contribution in [0.25, 0.3) is 75.1 Å². The monoisotopic (exact) mass is 679 g/mol. The first-order valence-electron chi connectivity index (χ1n) is 17.8. The number of hydrogen-bond donors (Lipinski definition) is 0. The second kappa shape index (κ2) is 12.7. The Bertz CT molecular complexity index is 2880. The van der Waals surface area contributed by atoms with E-state index in [1.54, 1.807) is 0 Å². The molecule has 0 unspecified atom stereocenters. The number of nitrogens with zero attached hydrogens (tertiary/aromatic N) is 1. The predicted molar refractivity (Wildman–Crippen MR) is 225 cm³/mol. The van der Waals surface area contributed by atoms with Crippen LogP contribution >= 0.6 is 11.3 Å². The minimum absolute atomic E-state index is 1.12. The highest BCUT2D eigenvalue weighted by Crippen LogP contribution is 2.47. The molecule has 0 saturated heterocycles. The van der Waals surface area contributed by atoms with Crippen LogP contribution < -0.4 is 4.90 Å². The van der Waals surface area contributed by atoms with Gasteiger partial charge < -0.3 is 4.90 Å². The quantitative estimate of drug-likeness (QED) is 0.169. The third-order valence-electron chi connectivity index (χ3n) is 10.3. The Morgan fingerprint density at radius 2 is 0.942 bits per heavy atom. The summed E-state index contributed by atoms with van der Waals surface area (Å²) >= 11 is 1.89. The number of rotatable bonds is 6. The molecule has 1 heterocycles. The van der Waals surface area contributed by atoms with Crippen molar-refractivity contribution in [3.05, 3.63) is 200 Å². The maximum absolute atomic E-state index is 2.44. The molecule has 1 aromatic heterocycles. The highest BCUT2D eigenvalue weighted by molar-refractivity contribution is 7.26. The fraction of sp³-hybridized carbons (Fsp3) is 0. The lowest BCUT2D eigenvalue weighted by atomic mass is 9.92. The molecule has 0 fully saturated rings. The van der Waals surface area contributed by atoms with Crippen LogP contribution in [0.1, 0.15) is 0 Å².